The Morgan fingerprint density at radius 2 is 1.95 bits per heavy atom. The molecule has 0 spiro atoms. The number of benzene rings is 1. The highest BCUT2D eigenvalue weighted by molar-refractivity contribution is 6.04. The SMILES string of the molecule is COC(=O)c1cccc2c1ccn2-c1ncccn1. The Kier molecular flexibility index (Phi) is 2.72. The summed E-state index contributed by atoms with van der Waals surface area (Å²) in [5.74, 6) is 0.219. The lowest BCUT2D eigenvalue weighted by Gasteiger charge is -2.04. The van der Waals surface area contributed by atoms with Crippen LogP contribution in [0.3, 0.4) is 0 Å². The van der Waals surface area contributed by atoms with Crippen LogP contribution < -0.4 is 0 Å². The average molecular weight is 253 g/mol. The highest BCUT2D eigenvalue weighted by atomic mass is 16.5. The summed E-state index contributed by atoms with van der Waals surface area (Å²) in [7, 11) is 1.37. The zero-order chi connectivity index (χ0) is 13.2. The normalized spacial score (nSPS) is 10.6. The molecule has 0 saturated carbocycles. The van der Waals surface area contributed by atoms with Crippen LogP contribution in [0.25, 0.3) is 16.9 Å². The number of carbonyl (C=O) groups is 1. The molecule has 2 aromatic heterocycles. The van der Waals surface area contributed by atoms with Gasteiger partial charge in [0, 0.05) is 24.0 Å². The quantitative estimate of drug-likeness (QED) is 0.657. The predicted molar refractivity (Wildman–Crippen MR) is 70.2 cm³/mol. The lowest BCUT2D eigenvalue weighted by Crippen LogP contribution is -2.02. The van der Waals surface area contributed by atoms with Gasteiger partial charge in [-0.1, -0.05) is 6.07 Å². The first-order valence-corrected chi connectivity index (χ1v) is 5.77. The molecule has 5 nitrogen and oxygen atoms in total. The summed E-state index contributed by atoms with van der Waals surface area (Å²) >= 11 is 0. The maximum atomic E-state index is 11.7. The summed E-state index contributed by atoms with van der Waals surface area (Å²) in [5, 5.41) is 0.821. The highest BCUT2D eigenvalue weighted by Crippen LogP contribution is 2.22. The second-order valence-corrected chi connectivity index (χ2v) is 3.96. The number of hydrogen-bond acceptors (Lipinski definition) is 4. The van der Waals surface area contributed by atoms with E-state index < -0.39 is 0 Å². The average Bonchev–Trinajstić information content (AvgIpc) is 2.91. The van der Waals surface area contributed by atoms with Crippen LogP contribution in [-0.2, 0) is 4.74 Å². The lowest BCUT2D eigenvalue weighted by atomic mass is 10.1. The van der Waals surface area contributed by atoms with Crippen LogP contribution in [0, 0.1) is 0 Å². The van der Waals surface area contributed by atoms with Gasteiger partial charge in [-0.15, -0.1) is 0 Å². The van der Waals surface area contributed by atoms with Crippen LogP contribution in [0.1, 0.15) is 10.4 Å². The van der Waals surface area contributed by atoms with Gasteiger partial charge in [-0.3, -0.25) is 4.57 Å². The Balaban J connectivity index is 2.23. The van der Waals surface area contributed by atoms with Crippen LogP contribution in [0.15, 0.2) is 48.9 Å². The molecule has 3 rings (SSSR count). The number of fused-ring (bicyclic) bond motifs is 1. The standard InChI is InChI=1S/C14H11N3O2/c1-19-13(18)11-4-2-5-12-10(11)6-9-17(12)14-15-7-3-8-16-14/h2-9H,1H3. The van der Waals surface area contributed by atoms with Crippen molar-refractivity contribution in [2.24, 2.45) is 0 Å². The van der Waals surface area contributed by atoms with Crippen molar-refractivity contribution >= 4 is 16.9 Å². The predicted octanol–water partition coefficient (Wildman–Crippen LogP) is 2.21. The number of rotatable bonds is 2. The molecule has 0 aliphatic heterocycles. The third-order valence-electron chi connectivity index (χ3n) is 2.91. The van der Waals surface area contributed by atoms with Gasteiger partial charge in [0.2, 0.25) is 5.95 Å². The number of esters is 1. The highest BCUT2D eigenvalue weighted by Gasteiger charge is 2.13. The minimum absolute atomic E-state index is 0.350. The van der Waals surface area contributed by atoms with Crippen LogP contribution in [0.2, 0.25) is 0 Å². The number of aromatic nitrogens is 3. The fourth-order valence-electron chi connectivity index (χ4n) is 2.05. The molecule has 19 heavy (non-hydrogen) atoms. The van der Waals surface area contributed by atoms with Crippen molar-refractivity contribution in [1.82, 2.24) is 14.5 Å². The van der Waals surface area contributed by atoms with Gasteiger partial charge >= 0.3 is 5.97 Å². The van der Waals surface area contributed by atoms with Gasteiger partial charge < -0.3 is 4.74 Å². The number of nitrogens with zero attached hydrogens (tertiary/aromatic N) is 3. The van der Waals surface area contributed by atoms with E-state index in [1.165, 1.54) is 7.11 Å². The topological polar surface area (TPSA) is 57.0 Å². The summed E-state index contributed by atoms with van der Waals surface area (Å²) < 4.78 is 6.61. The Labute approximate surface area is 109 Å². The van der Waals surface area contributed by atoms with Gasteiger partial charge in [-0.05, 0) is 24.3 Å². The molecule has 0 aliphatic carbocycles. The molecule has 0 amide bonds. The first-order valence-electron chi connectivity index (χ1n) is 5.77. The lowest BCUT2D eigenvalue weighted by molar-refractivity contribution is 0.0603. The summed E-state index contributed by atoms with van der Waals surface area (Å²) in [6, 6.07) is 9.09. The first kappa shape index (κ1) is 11.4. The molecule has 3 aromatic rings. The van der Waals surface area contributed by atoms with E-state index in [1.807, 2.05) is 29.0 Å². The molecule has 94 valence electrons. The molecule has 1 aromatic carbocycles. The van der Waals surface area contributed by atoms with Crippen molar-refractivity contribution in [3.8, 4) is 5.95 Å². The molecular formula is C14H11N3O2. The van der Waals surface area contributed by atoms with E-state index in [9.17, 15) is 4.79 Å². The van der Waals surface area contributed by atoms with E-state index in [2.05, 4.69) is 9.97 Å². The van der Waals surface area contributed by atoms with E-state index in [-0.39, 0.29) is 5.97 Å². The van der Waals surface area contributed by atoms with Gasteiger partial charge in [-0.2, -0.15) is 0 Å². The zero-order valence-corrected chi connectivity index (χ0v) is 10.3. The molecule has 0 saturated heterocycles. The molecular weight excluding hydrogens is 242 g/mol. The Hall–Kier alpha value is -2.69. The molecule has 0 unspecified atom stereocenters. The van der Waals surface area contributed by atoms with Gasteiger partial charge in [0.15, 0.2) is 0 Å². The van der Waals surface area contributed by atoms with Crippen LogP contribution in [-0.4, -0.2) is 27.6 Å². The zero-order valence-electron chi connectivity index (χ0n) is 10.3. The van der Waals surface area contributed by atoms with Crippen molar-refractivity contribution in [3.05, 3.63) is 54.5 Å². The Morgan fingerprint density at radius 3 is 2.68 bits per heavy atom. The number of methoxy groups -OCH3 is 1. The van der Waals surface area contributed by atoms with E-state index in [0.717, 1.165) is 10.9 Å². The largest absolute Gasteiger partial charge is 0.465 e. The second-order valence-electron chi connectivity index (χ2n) is 3.96. The molecule has 0 atom stereocenters. The summed E-state index contributed by atoms with van der Waals surface area (Å²) in [5.41, 5.74) is 1.41. The van der Waals surface area contributed by atoms with Gasteiger partial charge in [0.1, 0.15) is 0 Å². The van der Waals surface area contributed by atoms with Crippen LogP contribution in [0.4, 0.5) is 0 Å². The fraction of sp³-hybridized carbons (Fsp3) is 0.0714. The molecule has 0 aliphatic rings. The molecule has 2 heterocycles. The number of ether oxygens (including phenoxy) is 1. The maximum Gasteiger partial charge on any atom is 0.338 e. The minimum Gasteiger partial charge on any atom is -0.465 e. The summed E-state index contributed by atoms with van der Waals surface area (Å²) in [6.07, 6.45) is 5.20. The maximum absolute atomic E-state index is 11.7. The van der Waals surface area contributed by atoms with Gasteiger partial charge in [0.05, 0.1) is 18.2 Å². The minimum atomic E-state index is -0.350. The Morgan fingerprint density at radius 1 is 1.16 bits per heavy atom. The monoisotopic (exact) mass is 253 g/mol. The molecule has 5 heteroatoms. The van der Waals surface area contributed by atoms with Crippen molar-refractivity contribution < 1.29 is 9.53 Å². The van der Waals surface area contributed by atoms with Crippen molar-refractivity contribution in [3.63, 3.8) is 0 Å². The second kappa shape index (κ2) is 4.53. The summed E-state index contributed by atoms with van der Waals surface area (Å²) in [6.45, 7) is 0. The molecule has 0 radical (unpaired) electrons. The molecule has 0 bridgehead atoms. The fourth-order valence-corrected chi connectivity index (χ4v) is 2.05. The molecule has 0 N–H and O–H groups in total. The van der Waals surface area contributed by atoms with Crippen molar-refractivity contribution in [2.75, 3.05) is 7.11 Å². The van der Waals surface area contributed by atoms with E-state index in [4.69, 9.17) is 4.74 Å². The van der Waals surface area contributed by atoms with E-state index >= 15 is 0 Å². The van der Waals surface area contributed by atoms with Gasteiger partial charge in [0.25, 0.3) is 0 Å². The van der Waals surface area contributed by atoms with Crippen LogP contribution >= 0.6 is 0 Å². The van der Waals surface area contributed by atoms with E-state index in [0.29, 0.717) is 11.5 Å². The van der Waals surface area contributed by atoms with Crippen LogP contribution in [0.5, 0.6) is 0 Å². The third-order valence-corrected chi connectivity index (χ3v) is 2.91. The number of carbonyl (C=O) groups excluding carboxylic acids is 1. The summed E-state index contributed by atoms with van der Waals surface area (Å²) in [4.78, 5) is 20.1. The Bertz CT molecular complexity index is 735. The van der Waals surface area contributed by atoms with Crippen molar-refractivity contribution in [2.45, 2.75) is 0 Å². The van der Waals surface area contributed by atoms with E-state index in [1.54, 1.807) is 24.5 Å². The number of hydrogen-bond donors (Lipinski definition) is 0. The molecule has 0 fully saturated rings. The first-order chi connectivity index (χ1) is 9.31. The smallest absolute Gasteiger partial charge is 0.338 e. The van der Waals surface area contributed by atoms with Gasteiger partial charge in [-0.25, -0.2) is 14.8 Å². The van der Waals surface area contributed by atoms with Crippen molar-refractivity contribution in [1.29, 1.82) is 0 Å². The third kappa shape index (κ3) is 1.85.